The Morgan fingerprint density at radius 1 is 0.379 bits per heavy atom. The molecule has 0 spiro atoms. The highest BCUT2D eigenvalue weighted by Crippen LogP contribution is 2.44. The number of furan rings is 1. The van der Waals surface area contributed by atoms with Crippen molar-refractivity contribution in [2.24, 2.45) is 0 Å². The van der Waals surface area contributed by atoms with E-state index in [0.717, 1.165) is 50.2 Å². The summed E-state index contributed by atoms with van der Waals surface area (Å²) in [5.41, 5.74) is 13.4. The van der Waals surface area contributed by atoms with Crippen molar-refractivity contribution >= 4 is 92.3 Å². The predicted octanol–water partition coefficient (Wildman–Crippen LogP) is 15.9. The maximum Gasteiger partial charge on any atom is 0.136 e. The summed E-state index contributed by atoms with van der Waals surface area (Å²) in [5.74, 6) is 0. The molecule has 3 aromatic heterocycles. The Bertz CT molecular complexity index is 3480. The summed E-state index contributed by atoms with van der Waals surface area (Å²) in [5, 5.41) is 7.37. The molecule has 4 heteroatoms. The summed E-state index contributed by atoms with van der Waals surface area (Å²) in [4.78, 5) is 2.36. The van der Waals surface area contributed by atoms with Crippen LogP contribution in [0.25, 0.3) is 91.9 Å². The van der Waals surface area contributed by atoms with Gasteiger partial charge < -0.3 is 13.9 Å². The van der Waals surface area contributed by atoms with Gasteiger partial charge in [-0.05, 0) is 101 Å². The van der Waals surface area contributed by atoms with Gasteiger partial charge in [-0.1, -0.05) is 127 Å². The minimum atomic E-state index is 0.910. The van der Waals surface area contributed by atoms with Crippen molar-refractivity contribution in [2.75, 3.05) is 4.90 Å². The van der Waals surface area contributed by atoms with E-state index >= 15 is 0 Å². The number of aromatic nitrogens is 1. The van der Waals surface area contributed by atoms with Crippen molar-refractivity contribution < 1.29 is 4.42 Å². The Morgan fingerprint density at radius 2 is 0.983 bits per heavy atom. The number of benzene rings is 9. The minimum absolute atomic E-state index is 0.910. The van der Waals surface area contributed by atoms with E-state index in [9.17, 15) is 0 Å². The van der Waals surface area contributed by atoms with Gasteiger partial charge in [-0.15, -0.1) is 11.3 Å². The molecular weight excluding hydrogens is 725 g/mol. The Labute approximate surface area is 338 Å². The van der Waals surface area contributed by atoms with Crippen molar-refractivity contribution in [2.45, 2.75) is 0 Å². The van der Waals surface area contributed by atoms with Gasteiger partial charge in [0, 0.05) is 64.5 Å². The number of hydrogen-bond acceptors (Lipinski definition) is 3. The second-order valence-corrected chi connectivity index (χ2v) is 15.9. The lowest BCUT2D eigenvalue weighted by atomic mass is 10.0. The molecule has 0 bridgehead atoms. The van der Waals surface area contributed by atoms with E-state index < -0.39 is 0 Å². The lowest BCUT2D eigenvalue weighted by Crippen LogP contribution is -2.10. The number of anilines is 3. The molecule has 58 heavy (non-hydrogen) atoms. The average molecular weight is 759 g/mol. The zero-order chi connectivity index (χ0) is 38.2. The van der Waals surface area contributed by atoms with Crippen LogP contribution in [-0.2, 0) is 0 Å². The molecule has 0 aliphatic rings. The van der Waals surface area contributed by atoms with E-state index in [1.165, 1.54) is 58.7 Å². The van der Waals surface area contributed by atoms with E-state index in [-0.39, 0.29) is 0 Å². The molecule has 272 valence electrons. The van der Waals surface area contributed by atoms with Gasteiger partial charge in [0.05, 0.1) is 11.0 Å². The summed E-state index contributed by atoms with van der Waals surface area (Å²) < 4.78 is 11.4. The molecular formula is C54H34N2OS. The Balaban J connectivity index is 0.982. The highest BCUT2D eigenvalue weighted by Gasteiger charge is 2.20. The summed E-state index contributed by atoms with van der Waals surface area (Å²) in [6, 6.07) is 74.3. The number of fused-ring (bicyclic) bond motifs is 10. The molecule has 0 N–H and O–H groups in total. The number of rotatable bonds is 6. The van der Waals surface area contributed by atoms with Crippen LogP contribution in [0.2, 0.25) is 0 Å². The highest BCUT2D eigenvalue weighted by molar-refractivity contribution is 7.26. The zero-order valence-electron chi connectivity index (χ0n) is 31.3. The second kappa shape index (κ2) is 13.1. The van der Waals surface area contributed by atoms with Gasteiger partial charge in [-0.2, -0.15) is 0 Å². The third-order valence-corrected chi connectivity index (χ3v) is 12.8. The van der Waals surface area contributed by atoms with E-state index in [1.54, 1.807) is 0 Å². The lowest BCUT2D eigenvalue weighted by Gasteiger charge is -2.26. The Morgan fingerprint density at radius 3 is 1.76 bits per heavy atom. The van der Waals surface area contributed by atoms with Crippen LogP contribution in [0.1, 0.15) is 0 Å². The maximum atomic E-state index is 6.33. The number of nitrogens with zero attached hydrogens (tertiary/aromatic N) is 2. The molecule has 12 aromatic rings. The molecule has 0 aliphatic carbocycles. The summed E-state index contributed by atoms with van der Waals surface area (Å²) in [6.45, 7) is 0. The van der Waals surface area contributed by atoms with Gasteiger partial charge in [0.15, 0.2) is 0 Å². The van der Waals surface area contributed by atoms with Crippen LogP contribution < -0.4 is 4.90 Å². The maximum absolute atomic E-state index is 6.33. The van der Waals surface area contributed by atoms with Gasteiger partial charge in [0.25, 0.3) is 0 Å². The average Bonchev–Trinajstić information content (AvgIpc) is 3.97. The first kappa shape index (κ1) is 32.8. The van der Waals surface area contributed by atoms with Crippen molar-refractivity contribution in [1.82, 2.24) is 4.57 Å². The number of para-hydroxylation sites is 2. The quantitative estimate of drug-likeness (QED) is 0.168. The van der Waals surface area contributed by atoms with Gasteiger partial charge in [-0.3, -0.25) is 0 Å². The summed E-state index contributed by atoms with van der Waals surface area (Å²) in [6.07, 6.45) is 0. The number of hydrogen-bond donors (Lipinski definition) is 0. The zero-order valence-corrected chi connectivity index (χ0v) is 32.2. The van der Waals surface area contributed by atoms with Crippen molar-refractivity contribution in [3.63, 3.8) is 0 Å². The fourth-order valence-electron chi connectivity index (χ4n) is 8.95. The molecule has 12 rings (SSSR count). The van der Waals surface area contributed by atoms with Crippen LogP contribution in [0.3, 0.4) is 0 Å². The van der Waals surface area contributed by atoms with E-state index in [0.29, 0.717) is 0 Å². The van der Waals surface area contributed by atoms with Gasteiger partial charge in [-0.25, -0.2) is 0 Å². The third-order valence-electron chi connectivity index (χ3n) is 11.6. The Hall–Kier alpha value is -7.40. The lowest BCUT2D eigenvalue weighted by molar-refractivity contribution is 0.669. The van der Waals surface area contributed by atoms with Crippen molar-refractivity contribution in [3.8, 4) is 27.9 Å². The first-order valence-electron chi connectivity index (χ1n) is 19.7. The largest absolute Gasteiger partial charge is 0.456 e. The monoisotopic (exact) mass is 758 g/mol. The number of thiophene rings is 1. The topological polar surface area (TPSA) is 21.3 Å². The van der Waals surface area contributed by atoms with Gasteiger partial charge in [0.2, 0.25) is 0 Å². The van der Waals surface area contributed by atoms with E-state index in [2.05, 4.69) is 210 Å². The van der Waals surface area contributed by atoms with Crippen LogP contribution in [0.5, 0.6) is 0 Å². The molecule has 0 aliphatic heterocycles. The molecule has 0 unspecified atom stereocenters. The molecule has 9 aromatic carbocycles. The Kier molecular flexibility index (Phi) is 7.40. The molecule has 0 atom stereocenters. The molecule has 0 saturated carbocycles. The van der Waals surface area contributed by atoms with E-state index in [1.807, 2.05) is 17.4 Å². The molecule has 0 radical (unpaired) electrons. The van der Waals surface area contributed by atoms with E-state index in [4.69, 9.17) is 4.42 Å². The summed E-state index contributed by atoms with van der Waals surface area (Å²) in [7, 11) is 0. The molecule has 0 saturated heterocycles. The van der Waals surface area contributed by atoms with Crippen LogP contribution in [0.4, 0.5) is 17.1 Å². The first-order valence-corrected chi connectivity index (χ1v) is 20.5. The third kappa shape index (κ3) is 5.12. The predicted molar refractivity (Wildman–Crippen MR) is 247 cm³/mol. The van der Waals surface area contributed by atoms with Gasteiger partial charge in [0.1, 0.15) is 11.2 Å². The fraction of sp³-hybridized carbons (Fsp3) is 0. The van der Waals surface area contributed by atoms with Crippen LogP contribution in [0, 0.1) is 0 Å². The first-order chi connectivity index (χ1) is 28.8. The van der Waals surface area contributed by atoms with Crippen LogP contribution in [0.15, 0.2) is 211 Å². The fourth-order valence-corrected chi connectivity index (χ4v) is 10.2. The smallest absolute Gasteiger partial charge is 0.136 e. The molecule has 0 fully saturated rings. The molecule has 3 nitrogen and oxygen atoms in total. The van der Waals surface area contributed by atoms with Crippen LogP contribution in [-0.4, -0.2) is 4.57 Å². The van der Waals surface area contributed by atoms with Crippen molar-refractivity contribution in [1.29, 1.82) is 0 Å². The molecule has 3 heterocycles. The van der Waals surface area contributed by atoms with Crippen molar-refractivity contribution in [3.05, 3.63) is 206 Å². The second-order valence-electron chi connectivity index (χ2n) is 14.9. The molecule has 0 amide bonds. The standard InChI is InChI=1S/C54H34N2OS/c1-2-11-35(12-3-1)36-21-25-38(26-22-36)55(39-27-23-37(24-28-39)42-16-10-17-44-43-13-6-9-20-51(43)58-54(42)44)40-29-31-41(32-30-40)56-47-18-7-4-14-45(47)52-48(56)33-34-50-53(52)46-15-5-8-19-49(46)57-50/h1-34H. The SMILES string of the molecule is c1ccc(-c2ccc(N(c3ccc(-c4cccc5c4sc4ccccc45)cc3)c3ccc(-n4c5ccccc5c5c6c(ccc54)oc4ccccc46)cc3)cc2)cc1. The summed E-state index contributed by atoms with van der Waals surface area (Å²) >= 11 is 1.87. The van der Waals surface area contributed by atoms with Crippen LogP contribution >= 0.6 is 11.3 Å². The highest BCUT2D eigenvalue weighted by atomic mass is 32.1. The normalized spacial score (nSPS) is 11.8. The minimum Gasteiger partial charge on any atom is -0.456 e. The van der Waals surface area contributed by atoms with Gasteiger partial charge >= 0.3 is 0 Å².